The third kappa shape index (κ3) is 2.73. The van der Waals surface area contributed by atoms with E-state index in [-0.39, 0.29) is 17.3 Å². The van der Waals surface area contributed by atoms with Crippen LogP contribution in [0, 0.1) is 13.8 Å². The van der Waals surface area contributed by atoms with Gasteiger partial charge in [0.25, 0.3) is 10.0 Å². The van der Waals surface area contributed by atoms with Gasteiger partial charge in [0, 0.05) is 23.5 Å². The largest absolute Gasteiger partial charge is 0.338 e. The number of sulfonamides is 1. The van der Waals surface area contributed by atoms with E-state index in [1.54, 1.807) is 41.5 Å². The molecule has 3 heterocycles. The summed E-state index contributed by atoms with van der Waals surface area (Å²) in [5, 5.41) is 1.53. The third-order valence-electron chi connectivity index (χ3n) is 5.51. The monoisotopic (exact) mass is 440 g/mol. The quantitative estimate of drug-likeness (QED) is 0.488. The first-order chi connectivity index (χ1) is 14.3. The Labute approximate surface area is 178 Å². The number of aryl methyl sites for hydroxylation is 2. The van der Waals surface area contributed by atoms with Gasteiger partial charge in [-0.15, -0.1) is 11.3 Å². The SMILES string of the molecule is Cc1cn2c(CN(C)C(=O)CN3c4cccc5cccc(c45)S3(=O)=O)c(C)nc2s1. The summed E-state index contributed by atoms with van der Waals surface area (Å²) in [6, 6.07) is 10.7. The molecule has 0 atom stereocenters. The predicted octanol–water partition coefficient (Wildman–Crippen LogP) is 3.33. The van der Waals surface area contributed by atoms with Gasteiger partial charge in [-0.3, -0.25) is 13.5 Å². The lowest BCUT2D eigenvalue weighted by Gasteiger charge is -2.23. The topological polar surface area (TPSA) is 75.0 Å². The lowest BCUT2D eigenvalue weighted by atomic mass is 10.1. The molecule has 30 heavy (non-hydrogen) atoms. The van der Waals surface area contributed by atoms with Crippen LogP contribution in [-0.4, -0.2) is 42.2 Å². The van der Waals surface area contributed by atoms with Gasteiger partial charge in [0.05, 0.1) is 28.5 Å². The van der Waals surface area contributed by atoms with E-state index in [1.807, 2.05) is 42.6 Å². The zero-order valence-corrected chi connectivity index (χ0v) is 18.4. The number of hydrogen-bond donors (Lipinski definition) is 0. The van der Waals surface area contributed by atoms with Gasteiger partial charge in [-0.05, 0) is 31.4 Å². The Bertz CT molecular complexity index is 1430. The molecule has 0 bridgehead atoms. The van der Waals surface area contributed by atoms with Gasteiger partial charge in [-0.25, -0.2) is 13.4 Å². The second-order valence-electron chi connectivity index (χ2n) is 7.53. The molecule has 7 nitrogen and oxygen atoms in total. The van der Waals surface area contributed by atoms with Crippen molar-refractivity contribution in [2.75, 3.05) is 17.9 Å². The highest BCUT2D eigenvalue weighted by atomic mass is 32.2. The number of fused-ring (bicyclic) bond motifs is 1. The maximum atomic E-state index is 13.1. The fourth-order valence-corrected chi connectivity index (χ4v) is 6.53. The van der Waals surface area contributed by atoms with Crippen molar-refractivity contribution in [2.24, 2.45) is 0 Å². The van der Waals surface area contributed by atoms with Crippen LogP contribution in [0.3, 0.4) is 0 Å². The lowest BCUT2D eigenvalue weighted by molar-refractivity contribution is -0.128. The van der Waals surface area contributed by atoms with Gasteiger partial charge in [-0.2, -0.15) is 0 Å². The predicted molar refractivity (Wildman–Crippen MR) is 117 cm³/mol. The second-order valence-corrected chi connectivity index (χ2v) is 10.6. The van der Waals surface area contributed by atoms with E-state index in [1.165, 1.54) is 4.31 Å². The van der Waals surface area contributed by atoms with Crippen molar-refractivity contribution in [3.8, 4) is 0 Å². The van der Waals surface area contributed by atoms with Crippen molar-refractivity contribution in [3.63, 3.8) is 0 Å². The van der Waals surface area contributed by atoms with Crippen molar-refractivity contribution in [2.45, 2.75) is 25.3 Å². The second kappa shape index (κ2) is 6.55. The van der Waals surface area contributed by atoms with Gasteiger partial charge in [0.2, 0.25) is 5.91 Å². The number of carbonyl (C=O) groups excluding carboxylic acids is 1. The van der Waals surface area contributed by atoms with Crippen molar-refractivity contribution in [1.29, 1.82) is 0 Å². The van der Waals surface area contributed by atoms with Crippen molar-refractivity contribution >= 4 is 48.7 Å². The zero-order valence-electron chi connectivity index (χ0n) is 16.8. The standard InChI is InChI=1S/C21H20N4O3S2/c1-13-10-24-17(14(2)22-21(24)29-13)11-23(3)19(26)12-25-16-8-4-6-15-7-5-9-18(20(15)16)30(25,27)28/h4-10H,11-12H2,1-3H3. The highest BCUT2D eigenvalue weighted by molar-refractivity contribution is 7.93. The van der Waals surface area contributed by atoms with Crippen LogP contribution in [0.2, 0.25) is 0 Å². The molecule has 0 saturated carbocycles. The zero-order chi connectivity index (χ0) is 21.2. The molecule has 0 fully saturated rings. The summed E-state index contributed by atoms with van der Waals surface area (Å²) in [6.07, 6.45) is 2.01. The molecular formula is C21H20N4O3S2. The van der Waals surface area contributed by atoms with Crippen LogP contribution in [0.1, 0.15) is 16.3 Å². The molecular weight excluding hydrogens is 420 g/mol. The third-order valence-corrected chi connectivity index (χ3v) is 8.21. The molecule has 1 amide bonds. The van der Waals surface area contributed by atoms with Gasteiger partial charge in [-0.1, -0.05) is 24.3 Å². The smallest absolute Gasteiger partial charge is 0.265 e. The van der Waals surface area contributed by atoms with Crippen molar-refractivity contribution in [3.05, 3.63) is 58.9 Å². The molecule has 0 spiro atoms. The highest BCUT2D eigenvalue weighted by Gasteiger charge is 2.37. The molecule has 0 unspecified atom stereocenters. The summed E-state index contributed by atoms with van der Waals surface area (Å²) in [6.45, 7) is 4.05. The molecule has 154 valence electrons. The molecule has 1 aliphatic heterocycles. The van der Waals surface area contributed by atoms with Crippen LogP contribution in [-0.2, 0) is 21.4 Å². The molecule has 0 N–H and O–H groups in total. The number of nitrogens with zero attached hydrogens (tertiary/aromatic N) is 4. The summed E-state index contributed by atoms with van der Waals surface area (Å²) in [5.74, 6) is -0.273. The van der Waals surface area contributed by atoms with E-state index in [0.29, 0.717) is 17.6 Å². The van der Waals surface area contributed by atoms with Gasteiger partial charge < -0.3 is 4.90 Å². The average Bonchev–Trinajstić information content (AvgIpc) is 3.27. The first-order valence-electron chi connectivity index (χ1n) is 9.50. The Balaban J connectivity index is 1.44. The number of amides is 1. The molecule has 5 rings (SSSR count). The Morgan fingerprint density at radius 3 is 2.67 bits per heavy atom. The summed E-state index contributed by atoms with van der Waals surface area (Å²) in [4.78, 5) is 21.4. The minimum absolute atomic E-state index is 0.240. The van der Waals surface area contributed by atoms with Crippen LogP contribution >= 0.6 is 11.3 Å². The van der Waals surface area contributed by atoms with Gasteiger partial charge in [0.15, 0.2) is 4.96 Å². The maximum Gasteiger partial charge on any atom is 0.265 e. The number of benzene rings is 2. The van der Waals surface area contributed by atoms with Crippen LogP contribution in [0.4, 0.5) is 5.69 Å². The molecule has 0 aliphatic carbocycles. The average molecular weight is 441 g/mol. The number of hydrogen-bond acceptors (Lipinski definition) is 5. The number of aromatic nitrogens is 2. The minimum atomic E-state index is -3.76. The maximum absolute atomic E-state index is 13.1. The summed E-state index contributed by atoms with van der Waals surface area (Å²) in [5.41, 5.74) is 2.35. The molecule has 9 heteroatoms. The van der Waals surface area contributed by atoms with Gasteiger partial charge in [0.1, 0.15) is 6.54 Å². The van der Waals surface area contributed by atoms with Crippen LogP contribution < -0.4 is 4.31 Å². The minimum Gasteiger partial charge on any atom is -0.338 e. The number of thiazole rings is 1. The first-order valence-corrected chi connectivity index (χ1v) is 11.8. The first kappa shape index (κ1) is 19.1. The normalized spacial score (nSPS) is 14.7. The van der Waals surface area contributed by atoms with E-state index < -0.39 is 10.0 Å². The summed E-state index contributed by atoms with van der Waals surface area (Å²) < 4.78 is 29.4. The highest BCUT2D eigenvalue weighted by Crippen LogP contribution is 2.41. The van der Waals surface area contributed by atoms with Crippen molar-refractivity contribution in [1.82, 2.24) is 14.3 Å². The Hall–Kier alpha value is -2.91. The van der Waals surface area contributed by atoms with Crippen LogP contribution in [0.15, 0.2) is 47.5 Å². The van der Waals surface area contributed by atoms with E-state index in [9.17, 15) is 13.2 Å². The van der Waals surface area contributed by atoms with Crippen LogP contribution in [0.5, 0.6) is 0 Å². The molecule has 0 radical (unpaired) electrons. The molecule has 4 aromatic rings. The summed E-state index contributed by atoms with van der Waals surface area (Å²) >= 11 is 1.60. The Kier molecular flexibility index (Phi) is 4.16. The number of rotatable bonds is 4. The van der Waals surface area contributed by atoms with Crippen molar-refractivity contribution < 1.29 is 13.2 Å². The van der Waals surface area contributed by atoms with E-state index in [0.717, 1.165) is 26.6 Å². The Morgan fingerprint density at radius 1 is 1.17 bits per heavy atom. The molecule has 0 saturated heterocycles. The molecule has 2 aromatic carbocycles. The van der Waals surface area contributed by atoms with E-state index in [4.69, 9.17) is 0 Å². The Morgan fingerprint density at radius 2 is 1.90 bits per heavy atom. The fourth-order valence-electron chi connectivity index (χ4n) is 3.98. The molecule has 1 aliphatic rings. The van der Waals surface area contributed by atoms with Crippen LogP contribution in [0.25, 0.3) is 15.7 Å². The van der Waals surface area contributed by atoms with Gasteiger partial charge >= 0.3 is 0 Å². The van der Waals surface area contributed by atoms with E-state index in [2.05, 4.69) is 4.98 Å². The lowest BCUT2D eigenvalue weighted by Crippen LogP contribution is -2.39. The van der Waals surface area contributed by atoms with E-state index >= 15 is 0 Å². The fraction of sp³-hybridized carbons (Fsp3) is 0.238. The summed E-state index contributed by atoms with van der Waals surface area (Å²) in [7, 11) is -2.07. The molecule has 2 aromatic heterocycles. The number of likely N-dealkylation sites (N-methyl/N-ethyl adjacent to an activating group) is 1. The number of carbonyl (C=O) groups is 1. The number of anilines is 1. The number of imidazole rings is 1.